The highest BCUT2D eigenvalue weighted by Gasteiger charge is 2.17. The Morgan fingerprint density at radius 3 is 2.44 bits per heavy atom. The largest absolute Gasteiger partial charge is 0.298 e. The zero-order valence-corrected chi connectivity index (χ0v) is 19.0. The lowest BCUT2D eigenvalue weighted by Crippen LogP contribution is -2.13. The van der Waals surface area contributed by atoms with Crippen molar-refractivity contribution in [2.75, 3.05) is 5.32 Å². The van der Waals surface area contributed by atoms with Gasteiger partial charge in [0, 0.05) is 39.0 Å². The smallest absolute Gasteiger partial charge is 0.269 e. The molecule has 0 saturated heterocycles. The zero-order chi connectivity index (χ0) is 23.7. The molecule has 5 rings (SSSR count). The number of nitro groups is 1. The monoisotopic (exact) mass is 486 g/mol. The average Bonchev–Trinajstić information content (AvgIpc) is 3.32. The van der Waals surface area contributed by atoms with E-state index in [0.29, 0.717) is 38.0 Å². The number of carbonyl (C=O) groups is 1. The fourth-order valence-electron chi connectivity index (χ4n) is 3.55. The van der Waals surface area contributed by atoms with Gasteiger partial charge in [0.1, 0.15) is 0 Å². The number of amides is 1. The summed E-state index contributed by atoms with van der Waals surface area (Å²) in [6.45, 7) is 0. The third-order valence-corrected chi connectivity index (χ3v) is 6.30. The fourth-order valence-corrected chi connectivity index (χ4v) is 4.50. The normalized spacial score (nSPS) is 10.9. The summed E-state index contributed by atoms with van der Waals surface area (Å²) in [6, 6.07) is 22.6. The minimum atomic E-state index is -0.452. The number of benzene rings is 3. The maximum absolute atomic E-state index is 13.3. The van der Waals surface area contributed by atoms with Crippen LogP contribution in [0.4, 0.5) is 10.8 Å². The number of hydrogen-bond acceptors (Lipinski definition) is 6. The van der Waals surface area contributed by atoms with Crippen LogP contribution >= 0.6 is 22.9 Å². The summed E-state index contributed by atoms with van der Waals surface area (Å²) in [6.07, 6.45) is 0. The van der Waals surface area contributed by atoms with E-state index < -0.39 is 4.92 Å². The molecule has 5 aromatic rings. The third-order valence-electron chi connectivity index (χ3n) is 5.21. The Morgan fingerprint density at radius 2 is 1.68 bits per heavy atom. The quantitative estimate of drug-likeness (QED) is 0.216. The van der Waals surface area contributed by atoms with Crippen LogP contribution in [0.25, 0.3) is 33.4 Å². The molecule has 9 heteroatoms. The van der Waals surface area contributed by atoms with Gasteiger partial charge in [0.15, 0.2) is 5.13 Å². The van der Waals surface area contributed by atoms with Crippen molar-refractivity contribution in [3.8, 4) is 22.5 Å². The topological polar surface area (TPSA) is 98.0 Å². The number of anilines is 1. The summed E-state index contributed by atoms with van der Waals surface area (Å²) in [7, 11) is 0. The van der Waals surface area contributed by atoms with Crippen LogP contribution in [0.1, 0.15) is 10.4 Å². The molecule has 0 spiro atoms. The van der Waals surface area contributed by atoms with Gasteiger partial charge in [-0.05, 0) is 30.3 Å². The van der Waals surface area contributed by atoms with Gasteiger partial charge >= 0.3 is 0 Å². The van der Waals surface area contributed by atoms with Crippen LogP contribution in [-0.2, 0) is 0 Å². The number of rotatable bonds is 5. The van der Waals surface area contributed by atoms with Crippen molar-refractivity contribution in [3.63, 3.8) is 0 Å². The van der Waals surface area contributed by atoms with E-state index in [0.717, 1.165) is 11.1 Å². The second kappa shape index (κ2) is 9.01. The molecule has 0 aliphatic carbocycles. The molecular formula is C25H15ClN4O3S. The fraction of sp³-hybridized carbons (Fsp3) is 0. The molecule has 0 saturated carbocycles. The van der Waals surface area contributed by atoms with Gasteiger partial charge in [-0.15, -0.1) is 11.3 Å². The number of halogens is 1. The Kier molecular flexibility index (Phi) is 5.75. The molecule has 2 heterocycles. The first-order valence-corrected chi connectivity index (χ1v) is 11.4. The number of pyridine rings is 1. The summed E-state index contributed by atoms with van der Waals surface area (Å²) in [5, 5.41) is 17.2. The zero-order valence-electron chi connectivity index (χ0n) is 17.4. The second-order valence-corrected chi connectivity index (χ2v) is 8.61. The number of carbonyl (C=O) groups excluding carboxylic acids is 1. The molecule has 0 aliphatic heterocycles. The lowest BCUT2D eigenvalue weighted by Gasteiger charge is -2.10. The van der Waals surface area contributed by atoms with Gasteiger partial charge in [-0.3, -0.25) is 20.2 Å². The van der Waals surface area contributed by atoms with E-state index in [2.05, 4.69) is 10.3 Å². The SMILES string of the molecule is O=C(Nc1nc(-c2ccc([N+](=O)[O-])cc2)cs1)c1cc(-c2ccccc2Cl)nc2ccccc12. The van der Waals surface area contributed by atoms with Crippen LogP contribution in [0.15, 0.2) is 84.2 Å². The van der Waals surface area contributed by atoms with Crippen LogP contribution in [0.5, 0.6) is 0 Å². The molecule has 0 fully saturated rings. The Morgan fingerprint density at radius 1 is 0.941 bits per heavy atom. The van der Waals surface area contributed by atoms with Crippen molar-refractivity contribution in [1.29, 1.82) is 0 Å². The summed E-state index contributed by atoms with van der Waals surface area (Å²) in [4.78, 5) is 32.9. The molecule has 0 unspecified atom stereocenters. The van der Waals surface area contributed by atoms with Gasteiger partial charge in [0.25, 0.3) is 11.6 Å². The lowest BCUT2D eigenvalue weighted by atomic mass is 10.0. The van der Waals surface area contributed by atoms with Crippen LogP contribution in [-0.4, -0.2) is 20.8 Å². The molecule has 0 radical (unpaired) electrons. The molecule has 1 N–H and O–H groups in total. The predicted octanol–water partition coefficient (Wildman–Crippen LogP) is 6.84. The number of nitro benzene ring substituents is 1. The van der Waals surface area contributed by atoms with Crippen molar-refractivity contribution in [2.45, 2.75) is 0 Å². The number of aromatic nitrogens is 2. The second-order valence-electron chi connectivity index (χ2n) is 7.35. The third kappa shape index (κ3) is 4.24. The lowest BCUT2D eigenvalue weighted by molar-refractivity contribution is -0.384. The highest BCUT2D eigenvalue weighted by molar-refractivity contribution is 7.14. The van der Waals surface area contributed by atoms with Gasteiger partial charge in [0.2, 0.25) is 0 Å². The van der Waals surface area contributed by atoms with Crippen LogP contribution in [0.3, 0.4) is 0 Å². The van der Waals surface area contributed by atoms with Crippen molar-refractivity contribution in [3.05, 3.63) is 105 Å². The highest BCUT2D eigenvalue weighted by atomic mass is 35.5. The first-order chi connectivity index (χ1) is 16.5. The number of nitrogens with zero attached hydrogens (tertiary/aromatic N) is 3. The maximum atomic E-state index is 13.3. The summed E-state index contributed by atoms with van der Waals surface area (Å²) in [5.41, 5.74) is 3.80. The van der Waals surface area contributed by atoms with Gasteiger partial charge in [-0.25, -0.2) is 9.97 Å². The van der Waals surface area contributed by atoms with Crippen LogP contribution in [0, 0.1) is 10.1 Å². The molecule has 7 nitrogen and oxygen atoms in total. The van der Waals surface area contributed by atoms with E-state index in [4.69, 9.17) is 16.6 Å². The number of thiazole rings is 1. The Hall–Kier alpha value is -4.14. The van der Waals surface area contributed by atoms with Gasteiger partial charge in [-0.2, -0.15) is 0 Å². The number of non-ortho nitro benzene ring substituents is 1. The molecule has 0 atom stereocenters. The molecule has 3 aromatic carbocycles. The standard InChI is InChI=1S/C25H15ClN4O3S/c26-20-7-3-1-6-18(20)22-13-19(17-5-2-4-8-21(17)27-22)24(31)29-25-28-23(14-34-25)15-9-11-16(12-10-15)30(32)33/h1-14H,(H,28,29,31). The summed E-state index contributed by atoms with van der Waals surface area (Å²) < 4.78 is 0. The molecule has 34 heavy (non-hydrogen) atoms. The molecule has 1 amide bonds. The van der Waals surface area contributed by atoms with Crippen molar-refractivity contribution in [2.24, 2.45) is 0 Å². The molecular weight excluding hydrogens is 472 g/mol. The number of para-hydroxylation sites is 1. The van der Waals surface area contributed by atoms with E-state index in [9.17, 15) is 14.9 Å². The minimum absolute atomic E-state index is 0.00592. The summed E-state index contributed by atoms with van der Waals surface area (Å²) in [5.74, 6) is -0.323. The van der Waals surface area contributed by atoms with E-state index in [1.165, 1.54) is 23.5 Å². The predicted molar refractivity (Wildman–Crippen MR) is 134 cm³/mol. The molecule has 166 valence electrons. The number of nitrogens with one attached hydrogen (secondary N) is 1. The van der Waals surface area contributed by atoms with E-state index in [-0.39, 0.29) is 11.6 Å². The summed E-state index contributed by atoms with van der Waals surface area (Å²) >= 11 is 7.65. The average molecular weight is 487 g/mol. The first-order valence-electron chi connectivity index (χ1n) is 10.2. The molecule has 0 aliphatic rings. The molecule has 2 aromatic heterocycles. The van der Waals surface area contributed by atoms with Crippen LogP contribution < -0.4 is 5.32 Å². The number of hydrogen-bond donors (Lipinski definition) is 1. The Bertz CT molecular complexity index is 1550. The van der Waals surface area contributed by atoms with Crippen molar-refractivity contribution >= 4 is 50.6 Å². The minimum Gasteiger partial charge on any atom is -0.298 e. The molecule has 0 bridgehead atoms. The van der Waals surface area contributed by atoms with Crippen molar-refractivity contribution in [1.82, 2.24) is 9.97 Å². The maximum Gasteiger partial charge on any atom is 0.269 e. The van der Waals surface area contributed by atoms with Gasteiger partial charge in [-0.1, -0.05) is 48.0 Å². The van der Waals surface area contributed by atoms with Gasteiger partial charge < -0.3 is 0 Å². The van der Waals surface area contributed by atoms with E-state index in [1.807, 2.05) is 42.5 Å². The van der Waals surface area contributed by atoms with Crippen molar-refractivity contribution < 1.29 is 9.72 Å². The van der Waals surface area contributed by atoms with Gasteiger partial charge in [0.05, 0.1) is 27.4 Å². The Balaban J connectivity index is 1.47. The van der Waals surface area contributed by atoms with E-state index in [1.54, 1.807) is 29.6 Å². The Labute approximate surface area is 202 Å². The van der Waals surface area contributed by atoms with Crippen LogP contribution in [0.2, 0.25) is 5.02 Å². The first kappa shape index (κ1) is 21.7. The van der Waals surface area contributed by atoms with E-state index >= 15 is 0 Å². The highest BCUT2D eigenvalue weighted by Crippen LogP contribution is 2.31. The number of fused-ring (bicyclic) bond motifs is 1.